The third-order valence-corrected chi connectivity index (χ3v) is 8.35. The van der Waals surface area contributed by atoms with Crippen LogP contribution in [0.15, 0.2) is 4.99 Å². The lowest BCUT2D eigenvalue weighted by atomic mass is 9.83. The lowest BCUT2D eigenvalue weighted by molar-refractivity contribution is 0.104. The zero-order valence-corrected chi connectivity index (χ0v) is 19.9. The van der Waals surface area contributed by atoms with E-state index < -0.39 is 14.6 Å². The standard InChI is InChI=1S/C18H35N3O3S.HI/c1-5-24-12-10-18(8-6-7-9-18)14-20-16(19-4)21-11-13-25(22,23)17(2,3)15-21;/h5-15H2,1-4H3,(H,19,20);1H. The second-order valence-corrected chi connectivity index (χ2v) is 10.8. The summed E-state index contributed by atoms with van der Waals surface area (Å²) in [5, 5.41) is 3.54. The second kappa shape index (κ2) is 9.91. The fraction of sp³-hybridized carbons (Fsp3) is 0.944. The molecule has 8 heteroatoms. The second-order valence-electron chi connectivity index (χ2n) is 8.05. The van der Waals surface area contributed by atoms with Crippen molar-refractivity contribution in [3.05, 3.63) is 0 Å². The fourth-order valence-electron chi connectivity index (χ4n) is 4.00. The van der Waals surface area contributed by atoms with Crippen molar-refractivity contribution in [1.82, 2.24) is 10.2 Å². The van der Waals surface area contributed by atoms with E-state index >= 15 is 0 Å². The summed E-state index contributed by atoms with van der Waals surface area (Å²) >= 11 is 0. The first-order valence-electron chi connectivity index (χ1n) is 9.51. The quantitative estimate of drug-likeness (QED) is 0.262. The molecule has 0 atom stereocenters. The summed E-state index contributed by atoms with van der Waals surface area (Å²) < 4.78 is 29.3. The Balaban J connectivity index is 0.00000338. The smallest absolute Gasteiger partial charge is 0.193 e. The van der Waals surface area contributed by atoms with Gasteiger partial charge in [0.25, 0.3) is 0 Å². The fourth-order valence-corrected chi connectivity index (χ4v) is 5.36. The van der Waals surface area contributed by atoms with Gasteiger partial charge in [-0.1, -0.05) is 12.8 Å². The Morgan fingerprint density at radius 3 is 2.46 bits per heavy atom. The zero-order chi connectivity index (χ0) is 18.6. The Labute approximate surface area is 176 Å². The number of halogens is 1. The van der Waals surface area contributed by atoms with Crippen LogP contribution < -0.4 is 5.32 Å². The maximum absolute atomic E-state index is 12.2. The van der Waals surface area contributed by atoms with Crippen LogP contribution in [0.5, 0.6) is 0 Å². The molecular weight excluding hydrogens is 465 g/mol. The molecule has 2 aliphatic rings. The van der Waals surface area contributed by atoms with Crippen LogP contribution in [-0.4, -0.2) is 69.7 Å². The Morgan fingerprint density at radius 2 is 1.92 bits per heavy atom. The molecule has 0 aromatic heterocycles. The summed E-state index contributed by atoms with van der Waals surface area (Å²) in [4.78, 5) is 6.51. The third kappa shape index (κ3) is 5.70. The van der Waals surface area contributed by atoms with Gasteiger partial charge in [0.05, 0.1) is 10.5 Å². The summed E-state index contributed by atoms with van der Waals surface area (Å²) in [6.07, 6.45) is 6.08. The van der Waals surface area contributed by atoms with Crippen LogP contribution in [0.25, 0.3) is 0 Å². The normalized spacial score (nSPS) is 24.2. The van der Waals surface area contributed by atoms with Crippen LogP contribution in [0.4, 0.5) is 0 Å². The molecule has 2 fully saturated rings. The summed E-state index contributed by atoms with van der Waals surface area (Å²) in [6.45, 7) is 9.11. The van der Waals surface area contributed by atoms with Crippen LogP contribution >= 0.6 is 24.0 Å². The number of hydrogen-bond acceptors (Lipinski definition) is 4. The molecule has 0 radical (unpaired) electrons. The van der Waals surface area contributed by atoms with Crippen LogP contribution in [0, 0.1) is 5.41 Å². The largest absolute Gasteiger partial charge is 0.382 e. The Kier molecular flexibility index (Phi) is 9.13. The highest BCUT2D eigenvalue weighted by Crippen LogP contribution is 2.40. The van der Waals surface area contributed by atoms with Gasteiger partial charge in [0.15, 0.2) is 15.8 Å². The number of ether oxygens (including phenoxy) is 1. The number of sulfone groups is 1. The minimum atomic E-state index is -3.03. The van der Waals surface area contributed by atoms with Crippen molar-refractivity contribution < 1.29 is 13.2 Å². The number of nitrogens with zero attached hydrogens (tertiary/aromatic N) is 2. The van der Waals surface area contributed by atoms with E-state index in [9.17, 15) is 8.42 Å². The molecule has 1 saturated carbocycles. The van der Waals surface area contributed by atoms with Crippen LogP contribution in [0.3, 0.4) is 0 Å². The molecule has 0 bridgehead atoms. The number of rotatable bonds is 6. The zero-order valence-electron chi connectivity index (χ0n) is 16.7. The average molecular weight is 501 g/mol. The molecule has 1 aliphatic heterocycles. The van der Waals surface area contributed by atoms with Crippen molar-refractivity contribution in [2.24, 2.45) is 10.4 Å². The molecule has 6 nitrogen and oxygen atoms in total. The van der Waals surface area contributed by atoms with Crippen LogP contribution in [0.2, 0.25) is 0 Å². The lowest BCUT2D eigenvalue weighted by Gasteiger charge is -2.40. The van der Waals surface area contributed by atoms with E-state index in [2.05, 4.69) is 15.2 Å². The molecule has 1 saturated heterocycles. The van der Waals surface area contributed by atoms with Gasteiger partial charge in [0, 0.05) is 39.9 Å². The minimum Gasteiger partial charge on any atom is -0.382 e. The van der Waals surface area contributed by atoms with Gasteiger partial charge in [-0.3, -0.25) is 4.99 Å². The maximum Gasteiger partial charge on any atom is 0.193 e. The molecule has 1 N–H and O–H groups in total. The monoisotopic (exact) mass is 501 g/mol. The van der Waals surface area contributed by atoms with Crippen molar-refractivity contribution in [1.29, 1.82) is 0 Å². The first kappa shape index (κ1) is 23.9. The summed E-state index contributed by atoms with van der Waals surface area (Å²) in [5.41, 5.74) is 0.280. The first-order chi connectivity index (χ1) is 11.8. The molecule has 0 aromatic carbocycles. The molecule has 2 rings (SSSR count). The van der Waals surface area contributed by atoms with Gasteiger partial charge in [-0.15, -0.1) is 24.0 Å². The average Bonchev–Trinajstić information content (AvgIpc) is 3.01. The van der Waals surface area contributed by atoms with E-state index in [1.807, 2.05) is 20.8 Å². The van der Waals surface area contributed by atoms with Crippen molar-refractivity contribution in [2.75, 3.05) is 45.6 Å². The SMILES string of the molecule is CCOCCC1(CNC(=NC)N2CCS(=O)(=O)C(C)(C)C2)CCCC1.I. The highest BCUT2D eigenvalue weighted by atomic mass is 127. The molecule has 154 valence electrons. The Hall–Kier alpha value is -0.0900. The highest BCUT2D eigenvalue weighted by molar-refractivity contribution is 14.0. The number of nitrogens with one attached hydrogen (secondary N) is 1. The molecule has 0 aromatic rings. The van der Waals surface area contributed by atoms with Gasteiger partial charge in [-0.05, 0) is 45.4 Å². The van der Waals surface area contributed by atoms with E-state index in [1.165, 1.54) is 25.7 Å². The molecule has 1 heterocycles. The van der Waals surface area contributed by atoms with E-state index in [1.54, 1.807) is 7.05 Å². The van der Waals surface area contributed by atoms with E-state index in [0.717, 1.165) is 32.1 Å². The molecule has 1 aliphatic carbocycles. The molecule has 26 heavy (non-hydrogen) atoms. The number of guanidine groups is 1. The van der Waals surface area contributed by atoms with Gasteiger partial charge in [-0.25, -0.2) is 8.42 Å². The van der Waals surface area contributed by atoms with Crippen molar-refractivity contribution in [3.63, 3.8) is 0 Å². The summed E-state index contributed by atoms with van der Waals surface area (Å²) in [5.74, 6) is 1.02. The van der Waals surface area contributed by atoms with Gasteiger partial charge >= 0.3 is 0 Å². The summed E-state index contributed by atoms with van der Waals surface area (Å²) in [6, 6.07) is 0. The van der Waals surface area contributed by atoms with Gasteiger partial charge in [-0.2, -0.15) is 0 Å². The molecule has 0 spiro atoms. The van der Waals surface area contributed by atoms with E-state index in [0.29, 0.717) is 13.1 Å². The van der Waals surface area contributed by atoms with Crippen LogP contribution in [0.1, 0.15) is 52.9 Å². The van der Waals surface area contributed by atoms with Crippen LogP contribution in [-0.2, 0) is 14.6 Å². The first-order valence-corrected chi connectivity index (χ1v) is 11.2. The molecule has 0 unspecified atom stereocenters. The van der Waals surface area contributed by atoms with Crippen molar-refractivity contribution >= 4 is 39.8 Å². The van der Waals surface area contributed by atoms with E-state index in [4.69, 9.17) is 4.74 Å². The van der Waals surface area contributed by atoms with Crippen molar-refractivity contribution in [3.8, 4) is 0 Å². The third-order valence-electron chi connectivity index (χ3n) is 5.82. The molecule has 0 amide bonds. The van der Waals surface area contributed by atoms with E-state index in [-0.39, 0.29) is 35.1 Å². The predicted octanol–water partition coefficient (Wildman–Crippen LogP) is 2.68. The summed E-state index contributed by atoms with van der Waals surface area (Å²) in [7, 11) is -1.26. The molecular formula is C18H36IN3O3S. The maximum atomic E-state index is 12.2. The topological polar surface area (TPSA) is 71.0 Å². The Morgan fingerprint density at radius 1 is 1.27 bits per heavy atom. The highest BCUT2D eigenvalue weighted by Gasteiger charge is 2.41. The predicted molar refractivity (Wildman–Crippen MR) is 118 cm³/mol. The minimum absolute atomic E-state index is 0. The van der Waals surface area contributed by atoms with Gasteiger partial charge in [0.2, 0.25) is 0 Å². The number of aliphatic imine (C=N–C) groups is 1. The Bertz CT molecular complexity index is 572. The lowest BCUT2D eigenvalue weighted by Crippen LogP contribution is -2.58. The van der Waals surface area contributed by atoms with Gasteiger partial charge in [0.1, 0.15) is 0 Å². The number of hydrogen-bond donors (Lipinski definition) is 1. The van der Waals surface area contributed by atoms with Crippen molar-refractivity contribution in [2.45, 2.75) is 57.6 Å². The van der Waals surface area contributed by atoms with Gasteiger partial charge < -0.3 is 15.0 Å².